The summed E-state index contributed by atoms with van der Waals surface area (Å²) < 4.78 is 34.4. The van der Waals surface area contributed by atoms with E-state index >= 15 is 0 Å². The molecule has 2 amide bonds. The fourth-order valence-electron chi connectivity index (χ4n) is 3.47. The van der Waals surface area contributed by atoms with E-state index in [1.807, 2.05) is 37.3 Å². The number of hydrogen-bond acceptors (Lipinski definition) is 5. The van der Waals surface area contributed by atoms with E-state index in [1.165, 1.54) is 19.1 Å². The second kappa shape index (κ2) is 11.6. The van der Waals surface area contributed by atoms with Crippen LogP contribution in [0.25, 0.3) is 0 Å². The number of ether oxygens (including phenoxy) is 1. The van der Waals surface area contributed by atoms with Crippen molar-refractivity contribution in [3.05, 3.63) is 83.9 Å². The van der Waals surface area contributed by atoms with Gasteiger partial charge in [-0.05, 0) is 73.9 Å². The lowest BCUT2D eigenvalue weighted by Crippen LogP contribution is -2.45. The van der Waals surface area contributed by atoms with E-state index in [2.05, 4.69) is 15.4 Å². The Morgan fingerprint density at radius 1 is 0.914 bits per heavy atom. The van der Waals surface area contributed by atoms with Gasteiger partial charge in [-0.25, -0.2) is 8.42 Å². The van der Waals surface area contributed by atoms with Gasteiger partial charge in [-0.2, -0.15) is 4.72 Å². The number of benzene rings is 3. The Labute approximate surface area is 205 Å². The molecule has 0 saturated heterocycles. The number of carbonyl (C=O) groups is 2. The summed E-state index contributed by atoms with van der Waals surface area (Å²) in [4.78, 5) is 24.4. The summed E-state index contributed by atoms with van der Waals surface area (Å²) in [5.74, 6) is -0.108. The number of nitrogens with one attached hydrogen (secondary N) is 3. The predicted octanol–water partition coefficient (Wildman–Crippen LogP) is 3.88. The lowest BCUT2D eigenvalue weighted by molar-refractivity contribution is -0.117. The third kappa shape index (κ3) is 7.40. The molecule has 3 aromatic carbocycles. The van der Waals surface area contributed by atoms with Crippen molar-refractivity contribution in [3.8, 4) is 5.75 Å². The van der Waals surface area contributed by atoms with Crippen molar-refractivity contribution < 1.29 is 22.7 Å². The first-order chi connectivity index (χ1) is 16.7. The second-order valence-electron chi connectivity index (χ2n) is 7.97. The van der Waals surface area contributed by atoms with E-state index in [0.717, 1.165) is 5.56 Å². The normalized spacial score (nSPS) is 12.0. The molecule has 3 rings (SSSR count). The molecule has 0 spiro atoms. The highest BCUT2D eigenvalue weighted by Gasteiger charge is 2.27. The number of amides is 2. The SMILES string of the molecule is CCOc1ccc(S(=O)(=O)N[C@H](Cc2ccccc2)C(=O)Nc2ccc(NC(C)=O)cc2)cc1C. The van der Waals surface area contributed by atoms with Crippen LogP contribution in [0.2, 0.25) is 0 Å². The van der Waals surface area contributed by atoms with Crippen LogP contribution in [0, 0.1) is 6.92 Å². The third-order valence-electron chi connectivity index (χ3n) is 5.13. The summed E-state index contributed by atoms with van der Waals surface area (Å²) in [6.45, 7) is 5.49. The van der Waals surface area contributed by atoms with Gasteiger partial charge in [0.2, 0.25) is 21.8 Å². The van der Waals surface area contributed by atoms with Gasteiger partial charge < -0.3 is 15.4 Å². The average molecular weight is 496 g/mol. The van der Waals surface area contributed by atoms with Crippen molar-refractivity contribution in [3.63, 3.8) is 0 Å². The fraction of sp³-hybridized carbons (Fsp3) is 0.231. The predicted molar refractivity (Wildman–Crippen MR) is 136 cm³/mol. The molecule has 9 heteroatoms. The summed E-state index contributed by atoms with van der Waals surface area (Å²) in [6, 6.07) is 19.2. The van der Waals surface area contributed by atoms with E-state index in [9.17, 15) is 18.0 Å². The Balaban J connectivity index is 1.83. The van der Waals surface area contributed by atoms with Crippen molar-refractivity contribution in [1.82, 2.24) is 4.72 Å². The summed E-state index contributed by atoms with van der Waals surface area (Å²) in [5.41, 5.74) is 2.54. The zero-order valence-corrected chi connectivity index (χ0v) is 20.7. The molecule has 0 aliphatic carbocycles. The summed E-state index contributed by atoms with van der Waals surface area (Å²) in [6.07, 6.45) is 0.159. The Hall–Kier alpha value is -3.69. The first-order valence-corrected chi connectivity index (χ1v) is 12.6. The van der Waals surface area contributed by atoms with Crippen LogP contribution in [-0.4, -0.2) is 32.9 Å². The van der Waals surface area contributed by atoms with Crippen LogP contribution in [0.1, 0.15) is 25.0 Å². The summed E-state index contributed by atoms with van der Waals surface area (Å²) >= 11 is 0. The minimum Gasteiger partial charge on any atom is -0.494 e. The summed E-state index contributed by atoms with van der Waals surface area (Å²) in [5, 5.41) is 5.41. The topological polar surface area (TPSA) is 114 Å². The van der Waals surface area contributed by atoms with E-state index in [-0.39, 0.29) is 17.2 Å². The van der Waals surface area contributed by atoms with Crippen LogP contribution in [0.5, 0.6) is 5.75 Å². The van der Waals surface area contributed by atoms with E-state index in [1.54, 1.807) is 37.3 Å². The van der Waals surface area contributed by atoms with Crippen LogP contribution < -0.4 is 20.1 Å². The number of anilines is 2. The minimum absolute atomic E-state index is 0.0453. The maximum absolute atomic E-state index is 13.2. The molecule has 0 radical (unpaired) electrons. The van der Waals surface area contributed by atoms with Crippen molar-refractivity contribution in [2.45, 2.75) is 38.1 Å². The Kier molecular flexibility index (Phi) is 8.62. The lowest BCUT2D eigenvalue weighted by Gasteiger charge is -2.19. The van der Waals surface area contributed by atoms with Crippen LogP contribution in [-0.2, 0) is 26.0 Å². The summed E-state index contributed by atoms with van der Waals surface area (Å²) in [7, 11) is -4.01. The van der Waals surface area contributed by atoms with Crippen LogP contribution in [0.3, 0.4) is 0 Å². The standard InChI is InChI=1S/C26H29N3O5S/c1-4-34-25-15-14-23(16-18(25)2)35(32,33)29-24(17-20-8-6-5-7-9-20)26(31)28-22-12-10-21(11-13-22)27-19(3)30/h5-16,24,29H,4,17H2,1-3H3,(H,27,30)(H,28,31)/t24-/m1/s1. The molecule has 0 unspecified atom stereocenters. The van der Waals surface area contributed by atoms with Gasteiger partial charge in [-0.3, -0.25) is 9.59 Å². The van der Waals surface area contributed by atoms with E-state index < -0.39 is 22.0 Å². The second-order valence-corrected chi connectivity index (χ2v) is 9.69. The highest BCUT2D eigenvalue weighted by atomic mass is 32.2. The maximum Gasteiger partial charge on any atom is 0.242 e. The minimum atomic E-state index is -4.01. The molecule has 184 valence electrons. The molecule has 0 aliphatic rings. The van der Waals surface area contributed by atoms with Crippen molar-refractivity contribution >= 4 is 33.2 Å². The highest BCUT2D eigenvalue weighted by molar-refractivity contribution is 7.89. The van der Waals surface area contributed by atoms with Crippen LogP contribution in [0.4, 0.5) is 11.4 Å². The maximum atomic E-state index is 13.2. The highest BCUT2D eigenvalue weighted by Crippen LogP contribution is 2.22. The number of carbonyl (C=O) groups excluding carboxylic acids is 2. The average Bonchev–Trinajstić information content (AvgIpc) is 2.81. The molecule has 0 aromatic heterocycles. The first-order valence-electron chi connectivity index (χ1n) is 11.2. The molecule has 0 aliphatic heterocycles. The molecule has 35 heavy (non-hydrogen) atoms. The molecule has 0 saturated carbocycles. The lowest BCUT2D eigenvalue weighted by atomic mass is 10.1. The Morgan fingerprint density at radius 2 is 1.54 bits per heavy atom. The van der Waals surface area contributed by atoms with E-state index in [4.69, 9.17) is 4.74 Å². The monoisotopic (exact) mass is 495 g/mol. The molecule has 3 N–H and O–H groups in total. The van der Waals surface area contributed by atoms with Crippen LogP contribution >= 0.6 is 0 Å². The van der Waals surface area contributed by atoms with Crippen molar-refractivity contribution in [2.75, 3.05) is 17.2 Å². The molecule has 0 heterocycles. The van der Waals surface area contributed by atoms with Gasteiger partial charge >= 0.3 is 0 Å². The fourth-order valence-corrected chi connectivity index (χ4v) is 4.75. The number of aryl methyl sites for hydroxylation is 1. The van der Waals surface area contributed by atoms with Crippen LogP contribution in [0.15, 0.2) is 77.7 Å². The molecule has 0 fully saturated rings. The van der Waals surface area contributed by atoms with Crippen molar-refractivity contribution in [2.24, 2.45) is 0 Å². The zero-order valence-electron chi connectivity index (χ0n) is 19.9. The number of sulfonamides is 1. The van der Waals surface area contributed by atoms with Crippen molar-refractivity contribution in [1.29, 1.82) is 0 Å². The molecule has 3 aromatic rings. The zero-order chi connectivity index (χ0) is 25.4. The van der Waals surface area contributed by atoms with Gasteiger partial charge in [0.05, 0.1) is 11.5 Å². The number of rotatable bonds is 10. The van der Waals surface area contributed by atoms with Gasteiger partial charge in [-0.15, -0.1) is 0 Å². The van der Waals surface area contributed by atoms with Gasteiger partial charge in [0.25, 0.3) is 0 Å². The van der Waals surface area contributed by atoms with Gasteiger partial charge in [0.1, 0.15) is 11.8 Å². The first kappa shape index (κ1) is 25.9. The smallest absolute Gasteiger partial charge is 0.242 e. The van der Waals surface area contributed by atoms with Gasteiger partial charge in [0, 0.05) is 18.3 Å². The molecular weight excluding hydrogens is 466 g/mol. The third-order valence-corrected chi connectivity index (χ3v) is 6.60. The Bertz CT molecular complexity index is 1280. The van der Waals surface area contributed by atoms with Gasteiger partial charge in [-0.1, -0.05) is 30.3 Å². The van der Waals surface area contributed by atoms with E-state index in [0.29, 0.717) is 29.3 Å². The molecule has 8 nitrogen and oxygen atoms in total. The number of hydrogen-bond donors (Lipinski definition) is 3. The molecule has 1 atom stereocenters. The molecule has 0 bridgehead atoms. The Morgan fingerprint density at radius 3 is 2.11 bits per heavy atom. The van der Waals surface area contributed by atoms with Gasteiger partial charge in [0.15, 0.2) is 0 Å². The molecular formula is C26H29N3O5S. The largest absolute Gasteiger partial charge is 0.494 e. The quantitative estimate of drug-likeness (QED) is 0.395.